The number of hydrogen-bond donors (Lipinski definition) is 1. The van der Waals surface area contributed by atoms with Gasteiger partial charge in [0.05, 0.1) is 11.1 Å². The third kappa shape index (κ3) is 4.29. The number of para-hydroxylation sites is 1. The number of carbonyl (C=O) groups is 2. The van der Waals surface area contributed by atoms with E-state index in [1.165, 1.54) is 0 Å². The van der Waals surface area contributed by atoms with Gasteiger partial charge in [0.15, 0.2) is 0 Å². The highest BCUT2D eigenvalue weighted by Crippen LogP contribution is 2.26. The molecule has 1 aromatic heterocycles. The Bertz CT molecular complexity index is 823. The Labute approximate surface area is 161 Å². The van der Waals surface area contributed by atoms with Gasteiger partial charge in [-0.25, -0.2) is 0 Å². The smallest absolute Gasteiger partial charge is 0.254 e. The van der Waals surface area contributed by atoms with Crippen molar-refractivity contribution in [1.82, 2.24) is 15.2 Å². The minimum absolute atomic E-state index is 0.0148. The lowest BCUT2D eigenvalue weighted by atomic mass is 9.94. The normalized spacial score (nSPS) is 15.3. The predicted molar refractivity (Wildman–Crippen MR) is 108 cm³/mol. The van der Waals surface area contributed by atoms with Crippen LogP contribution in [0.4, 0.5) is 0 Å². The SMILES string of the molecule is CCCNC(=O)C1CCN(C(=O)c2cc(C(C)C)nc3ccccc23)CC1. The Morgan fingerprint density at radius 3 is 2.59 bits per heavy atom. The third-order valence-electron chi connectivity index (χ3n) is 5.26. The highest BCUT2D eigenvalue weighted by Gasteiger charge is 2.28. The summed E-state index contributed by atoms with van der Waals surface area (Å²) >= 11 is 0. The van der Waals surface area contributed by atoms with Crippen LogP contribution >= 0.6 is 0 Å². The van der Waals surface area contributed by atoms with Gasteiger partial charge in [0.2, 0.25) is 5.91 Å². The van der Waals surface area contributed by atoms with E-state index in [1.807, 2.05) is 42.2 Å². The zero-order valence-electron chi connectivity index (χ0n) is 16.5. The topological polar surface area (TPSA) is 62.3 Å². The van der Waals surface area contributed by atoms with Crippen molar-refractivity contribution in [2.45, 2.75) is 46.0 Å². The lowest BCUT2D eigenvalue weighted by Crippen LogP contribution is -2.43. The van der Waals surface area contributed by atoms with Crippen LogP contribution in [0.15, 0.2) is 30.3 Å². The average molecular weight is 367 g/mol. The molecule has 5 heteroatoms. The van der Waals surface area contributed by atoms with E-state index in [2.05, 4.69) is 19.2 Å². The van der Waals surface area contributed by atoms with Gasteiger partial charge in [-0.05, 0) is 37.3 Å². The molecule has 5 nitrogen and oxygen atoms in total. The lowest BCUT2D eigenvalue weighted by molar-refractivity contribution is -0.126. The first-order valence-corrected chi connectivity index (χ1v) is 9.98. The molecule has 0 unspecified atom stereocenters. The first-order valence-electron chi connectivity index (χ1n) is 9.98. The van der Waals surface area contributed by atoms with Crippen molar-refractivity contribution < 1.29 is 9.59 Å². The van der Waals surface area contributed by atoms with Crippen LogP contribution in [0.3, 0.4) is 0 Å². The number of carbonyl (C=O) groups excluding carboxylic acids is 2. The summed E-state index contributed by atoms with van der Waals surface area (Å²) in [5, 5.41) is 3.87. The molecule has 0 bridgehead atoms. The summed E-state index contributed by atoms with van der Waals surface area (Å²) in [6.45, 7) is 8.19. The van der Waals surface area contributed by atoms with Crippen LogP contribution in [0.2, 0.25) is 0 Å². The molecule has 0 spiro atoms. The Morgan fingerprint density at radius 1 is 1.22 bits per heavy atom. The Kier molecular flexibility index (Phi) is 6.09. The Morgan fingerprint density at radius 2 is 1.93 bits per heavy atom. The number of pyridine rings is 1. The molecule has 2 amide bonds. The van der Waals surface area contributed by atoms with Crippen LogP contribution in [-0.4, -0.2) is 41.3 Å². The molecular formula is C22H29N3O2. The van der Waals surface area contributed by atoms with E-state index in [4.69, 9.17) is 4.98 Å². The molecule has 3 rings (SSSR count). The molecule has 1 aliphatic rings. The summed E-state index contributed by atoms with van der Waals surface area (Å²) in [6, 6.07) is 9.76. The molecule has 0 atom stereocenters. The van der Waals surface area contributed by atoms with E-state index in [9.17, 15) is 9.59 Å². The van der Waals surface area contributed by atoms with E-state index >= 15 is 0 Å². The maximum Gasteiger partial charge on any atom is 0.254 e. The van der Waals surface area contributed by atoms with Crippen molar-refractivity contribution in [3.63, 3.8) is 0 Å². The van der Waals surface area contributed by atoms with Gasteiger partial charge in [-0.3, -0.25) is 14.6 Å². The number of nitrogens with one attached hydrogen (secondary N) is 1. The van der Waals surface area contributed by atoms with Gasteiger partial charge in [0.25, 0.3) is 5.91 Å². The fraction of sp³-hybridized carbons (Fsp3) is 0.500. The summed E-state index contributed by atoms with van der Waals surface area (Å²) in [5.74, 6) is 0.443. The largest absolute Gasteiger partial charge is 0.356 e. The third-order valence-corrected chi connectivity index (χ3v) is 5.26. The van der Waals surface area contributed by atoms with Gasteiger partial charge in [0.1, 0.15) is 0 Å². The molecule has 144 valence electrons. The number of rotatable bonds is 5. The van der Waals surface area contributed by atoms with Crippen molar-refractivity contribution in [1.29, 1.82) is 0 Å². The second-order valence-corrected chi connectivity index (χ2v) is 7.62. The zero-order chi connectivity index (χ0) is 19.4. The van der Waals surface area contributed by atoms with E-state index < -0.39 is 0 Å². The maximum absolute atomic E-state index is 13.2. The highest BCUT2D eigenvalue weighted by molar-refractivity contribution is 6.06. The van der Waals surface area contributed by atoms with Crippen molar-refractivity contribution >= 4 is 22.7 Å². The first-order chi connectivity index (χ1) is 13.0. The quantitative estimate of drug-likeness (QED) is 0.876. The molecule has 0 aliphatic carbocycles. The molecule has 1 N–H and O–H groups in total. The Hall–Kier alpha value is -2.43. The van der Waals surface area contributed by atoms with E-state index in [1.54, 1.807) is 0 Å². The fourth-order valence-electron chi connectivity index (χ4n) is 3.58. The van der Waals surface area contributed by atoms with Crippen LogP contribution in [0.1, 0.15) is 62.0 Å². The lowest BCUT2D eigenvalue weighted by Gasteiger charge is -2.31. The number of likely N-dealkylation sites (tertiary alicyclic amines) is 1. The highest BCUT2D eigenvalue weighted by atomic mass is 16.2. The monoisotopic (exact) mass is 367 g/mol. The molecule has 27 heavy (non-hydrogen) atoms. The average Bonchev–Trinajstić information content (AvgIpc) is 2.70. The van der Waals surface area contributed by atoms with Gasteiger partial charge in [0, 0.05) is 36.6 Å². The minimum Gasteiger partial charge on any atom is -0.356 e. The summed E-state index contributed by atoms with van der Waals surface area (Å²) in [4.78, 5) is 32.0. The standard InChI is InChI=1S/C22H29N3O2/c1-4-11-23-21(26)16-9-12-25(13-10-16)22(27)18-14-20(15(2)3)24-19-8-6-5-7-17(18)19/h5-8,14-16H,4,9-13H2,1-3H3,(H,23,26). The van der Waals surface area contributed by atoms with Crippen molar-refractivity contribution in [3.05, 3.63) is 41.6 Å². The number of nitrogens with zero attached hydrogens (tertiary/aromatic N) is 2. The first kappa shape index (κ1) is 19.3. The molecule has 0 saturated carbocycles. The van der Waals surface area contributed by atoms with Gasteiger partial charge >= 0.3 is 0 Å². The van der Waals surface area contributed by atoms with Crippen molar-refractivity contribution in [2.24, 2.45) is 5.92 Å². The molecule has 1 aromatic carbocycles. The van der Waals surface area contributed by atoms with E-state index in [0.29, 0.717) is 13.1 Å². The van der Waals surface area contributed by atoms with Gasteiger partial charge in [-0.1, -0.05) is 39.0 Å². The summed E-state index contributed by atoms with van der Waals surface area (Å²) in [7, 11) is 0. The molecule has 1 aliphatic heterocycles. The summed E-state index contributed by atoms with van der Waals surface area (Å²) in [6.07, 6.45) is 2.39. The molecule has 0 radical (unpaired) electrons. The molecule has 2 aromatic rings. The zero-order valence-corrected chi connectivity index (χ0v) is 16.5. The van der Waals surface area contributed by atoms with Crippen LogP contribution < -0.4 is 5.32 Å². The number of aromatic nitrogens is 1. The number of hydrogen-bond acceptors (Lipinski definition) is 3. The second kappa shape index (κ2) is 8.51. The van der Waals surface area contributed by atoms with Crippen LogP contribution in [0, 0.1) is 5.92 Å². The van der Waals surface area contributed by atoms with Crippen LogP contribution in [0.25, 0.3) is 10.9 Å². The number of amides is 2. The van der Waals surface area contributed by atoms with Crippen molar-refractivity contribution in [3.8, 4) is 0 Å². The minimum atomic E-state index is 0.0148. The van der Waals surface area contributed by atoms with Gasteiger partial charge < -0.3 is 10.2 Å². The summed E-state index contributed by atoms with van der Waals surface area (Å²) in [5.41, 5.74) is 2.52. The Balaban J connectivity index is 1.78. The molecular weight excluding hydrogens is 338 g/mol. The molecule has 1 fully saturated rings. The number of benzene rings is 1. The summed E-state index contributed by atoms with van der Waals surface area (Å²) < 4.78 is 0. The van der Waals surface area contributed by atoms with E-state index in [0.717, 1.165) is 48.0 Å². The van der Waals surface area contributed by atoms with Crippen molar-refractivity contribution in [2.75, 3.05) is 19.6 Å². The molecule has 2 heterocycles. The van der Waals surface area contributed by atoms with Crippen LogP contribution in [0.5, 0.6) is 0 Å². The molecule has 1 saturated heterocycles. The van der Waals surface area contributed by atoms with E-state index in [-0.39, 0.29) is 23.7 Å². The number of piperidine rings is 1. The van der Waals surface area contributed by atoms with Crippen LogP contribution in [-0.2, 0) is 4.79 Å². The van der Waals surface area contributed by atoms with Gasteiger partial charge in [-0.15, -0.1) is 0 Å². The fourth-order valence-corrected chi connectivity index (χ4v) is 3.58. The number of fused-ring (bicyclic) bond motifs is 1. The predicted octanol–water partition coefficient (Wildman–Crippen LogP) is 3.74. The maximum atomic E-state index is 13.2. The second-order valence-electron chi connectivity index (χ2n) is 7.62. The van der Waals surface area contributed by atoms with Gasteiger partial charge in [-0.2, -0.15) is 0 Å².